The molecule has 96 valence electrons. The van der Waals surface area contributed by atoms with Crippen molar-refractivity contribution in [3.8, 4) is 6.01 Å². The Bertz CT molecular complexity index is 356. The van der Waals surface area contributed by atoms with E-state index < -0.39 is 0 Å². The van der Waals surface area contributed by atoms with Crippen molar-refractivity contribution in [2.45, 2.75) is 27.7 Å². The van der Waals surface area contributed by atoms with Gasteiger partial charge in [0.05, 0.1) is 6.61 Å². The van der Waals surface area contributed by atoms with Crippen molar-refractivity contribution in [1.82, 2.24) is 15.0 Å². The lowest BCUT2D eigenvalue weighted by molar-refractivity contribution is 0.312. The van der Waals surface area contributed by atoms with Crippen LogP contribution in [0.15, 0.2) is 0 Å². The number of hydrogen-bond acceptors (Lipinski definition) is 6. The number of hydrogen-bond donors (Lipinski definition) is 1. The Morgan fingerprint density at radius 2 is 1.94 bits per heavy atom. The maximum absolute atomic E-state index is 5.64. The van der Waals surface area contributed by atoms with Crippen molar-refractivity contribution in [1.29, 1.82) is 0 Å². The molecular formula is C11H21N5O. The molecule has 0 fully saturated rings. The second kappa shape index (κ2) is 6.22. The van der Waals surface area contributed by atoms with Crippen LogP contribution in [0.5, 0.6) is 6.01 Å². The van der Waals surface area contributed by atoms with Crippen LogP contribution in [-0.2, 0) is 0 Å². The number of aromatic nitrogens is 3. The zero-order chi connectivity index (χ0) is 12.8. The maximum Gasteiger partial charge on any atom is 0.323 e. The largest absolute Gasteiger partial charge is 0.464 e. The van der Waals surface area contributed by atoms with Crippen LogP contribution in [0.1, 0.15) is 27.7 Å². The zero-order valence-electron chi connectivity index (χ0n) is 11.0. The first-order valence-corrected chi connectivity index (χ1v) is 5.96. The second-order valence-electron chi connectivity index (χ2n) is 4.14. The molecule has 1 aromatic rings. The summed E-state index contributed by atoms with van der Waals surface area (Å²) in [6, 6.07) is 0.289. The number of rotatable bonds is 6. The fraction of sp³-hybridized carbons (Fsp3) is 0.727. The number of nitrogens with two attached hydrogens (primary N) is 1. The third kappa shape index (κ3) is 4.05. The van der Waals surface area contributed by atoms with E-state index >= 15 is 0 Å². The van der Waals surface area contributed by atoms with Crippen LogP contribution in [0.3, 0.4) is 0 Å². The van der Waals surface area contributed by atoms with E-state index in [0.717, 1.165) is 13.1 Å². The molecule has 1 heterocycles. The van der Waals surface area contributed by atoms with Gasteiger partial charge in [0.15, 0.2) is 0 Å². The van der Waals surface area contributed by atoms with Crippen LogP contribution in [0.2, 0.25) is 0 Å². The molecule has 0 aliphatic rings. The van der Waals surface area contributed by atoms with Crippen molar-refractivity contribution in [2.75, 3.05) is 30.3 Å². The molecule has 17 heavy (non-hydrogen) atoms. The average Bonchev–Trinajstić information content (AvgIpc) is 2.25. The summed E-state index contributed by atoms with van der Waals surface area (Å²) in [6.07, 6.45) is 0. The standard InChI is InChI=1S/C11H21N5O/c1-5-16(7-8(3)4)10-13-9(12)14-11(15-10)17-6-2/h8H,5-7H2,1-4H3,(H2,12,13,14,15). The van der Waals surface area contributed by atoms with E-state index in [0.29, 0.717) is 18.5 Å². The zero-order valence-corrected chi connectivity index (χ0v) is 11.0. The van der Waals surface area contributed by atoms with Gasteiger partial charge in [-0.15, -0.1) is 0 Å². The molecule has 2 N–H and O–H groups in total. The van der Waals surface area contributed by atoms with Gasteiger partial charge in [-0.3, -0.25) is 0 Å². The number of nitrogen functional groups attached to an aromatic ring is 1. The summed E-state index contributed by atoms with van der Waals surface area (Å²) in [5, 5.41) is 0. The van der Waals surface area contributed by atoms with Crippen molar-refractivity contribution in [3.63, 3.8) is 0 Å². The Hall–Kier alpha value is -1.59. The molecule has 0 amide bonds. The normalized spacial score (nSPS) is 10.6. The van der Waals surface area contributed by atoms with Gasteiger partial charge in [-0.25, -0.2) is 0 Å². The number of anilines is 2. The smallest absolute Gasteiger partial charge is 0.323 e. The minimum absolute atomic E-state index is 0.195. The van der Waals surface area contributed by atoms with Gasteiger partial charge in [-0.05, 0) is 19.8 Å². The van der Waals surface area contributed by atoms with Crippen molar-refractivity contribution in [2.24, 2.45) is 5.92 Å². The summed E-state index contributed by atoms with van der Waals surface area (Å²) in [7, 11) is 0. The molecule has 0 bridgehead atoms. The van der Waals surface area contributed by atoms with Gasteiger partial charge >= 0.3 is 6.01 Å². The van der Waals surface area contributed by atoms with E-state index in [1.165, 1.54) is 0 Å². The van der Waals surface area contributed by atoms with Crippen LogP contribution < -0.4 is 15.4 Å². The molecule has 1 rings (SSSR count). The van der Waals surface area contributed by atoms with Crippen LogP contribution in [-0.4, -0.2) is 34.6 Å². The first-order valence-electron chi connectivity index (χ1n) is 5.96. The molecule has 0 saturated carbocycles. The van der Waals surface area contributed by atoms with Gasteiger partial charge in [0.25, 0.3) is 0 Å². The monoisotopic (exact) mass is 239 g/mol. The van der Waals surface area contributed by atoms with Gasteiger partial charge < -0.3 is 15.4 Å². The van der Waals surface area contributed by atoms with Gasteiger partial charge in [0.1, 0.15) is 0 Å². The Morgan fingerprint density at radius 1 is 1.24 bits per heavy atom. The Labute approximate surface area is 102 Å². The van der Waals surface area contributed by atoms with E-state index in [-0.39, 0.29) is 12.0 Å². The predicted molar refractivity (Wildman–Crippen MR) is 68.1 cm³/mol. The molecule has 0 atom stereocenters. The molecule has 6 heteroatoms. The fourth-order valence-electron chi connectivity index (χ4n) is 1.49. The fourth-order valence-corrected chi connectivity index (χ4v) is 1.49. The first-order chi connectivity index (χ1) is 8.06. The van der Waals surface area contributed by atoms with Crippen LogP contribution in [0, 0.1) is 5.92 Å². The summed E-state index contributed by atoms with van der Waals surface area (Å²) < 4.78 is 5.26. The van der Waals surface area contributed by atoms with Crippen LogP contribution in [0.25, 0.3) is 0 Å². The Kier molecular flexibility index (Phi) is 4.93. The Balaban J connectivity index is 2.93. The van der Waals surface area contributed by atoms with Gasteiger partial charge in [-0.2, -0.15) is 15.0 Å². The lowest BCUT2D eigenvalue weighted by Crippen LogP contribution is -2.29. The summed E-state index contributed by atoms with van der Waals surface area (Å²) in [4.78, 5) is 14.4. The van der Waals surface area contributed by atoms with Crippen molar-refractivity contribution in [3.05, 3.63) is 0 Å². The van der Waals surface area contributed by atoms with Crippen molar-refractivity contribution >= 4 is 11.9 Å². The number of nitrogens with zero attached hydrogens (tertiary/aromatic N) is 4. The summed E-state index contributed by atoms with van der Waals surface area (Å²) >= 11 is 0. The highest BCUT2D eigenvalue weighted by Gasteiger charge is 2.12. The molecule has 0 radical (unpaired) electrons. The third-order valence-electron chi connectivity index (χ3n) is 2.14. The van der Waals surface area contributed by atoms with E-state index in [1.807, 2.05) is 6.92 Å². The topological polar surface area (TPSA) is 77.2 Å². The lowest BCUT2D eigenvalue weighted by atomic mass is 10.2. The lowest BCUT2D eigenvalue weighted by Gasteiger charge is -2.22. The average molecular weight is 239 g/mol. The highest BCUT2D eigenvalue weighted by molar-refractivity contribution is 5.35. The minimum atomic E-state index is 0.195. The van der Waals surface area contributed by atoms with Crippen LogP contribution >= 0.6 is 0 Å². The molecule has 0 spiro atoms. The Morgan fingerprint density at radius 3 is 2.47 bits per heavy atom. The molecule has 0 saturated heterocycles. The summed E-state index contributed by atoms with van der Waals surface area (Å²) in [5.74, 6) is 1.31. The van der Waals surface area contributed by atoms with Gasteiger partial charge in [0, 0.05) is 13.1 Å². The van der Waals surface area contributed by atoms with Gasteiger partial charge in [-0.1, -0.05) is 13.8 Å². The van der Waals surface area contributed by atoms with E-state index in [2.05, 4.69) is 40.6 Å². The second-order valence-corrected chi connectivity index (χ2v) is 4.14. The highest BCUT2D eigenvalue weighted by atomic mass is 16.5. The quantitative estimate of drug-likeness (QED) is 0.807. The molecule has 0 aliphatic heterocycles. The molecule has 0 unspecified atom stereocenters. The molecule has 6 nitrogen and oxygen atoms in total. The van der Waals surface area contributed by atoms with Crippen LogP contribution in [0.4, 0.5) is 11.9 Å². The van der Waals surface area contributed by atoms with E-state index in [9.17, 15) is 0 Å². The molecule has 0 aliphatic carbocycles. The molecule has 1 aromatic heterocycles. The first kappa shape index (κ1) is 13.5. The minimum Gasteiger partial charge on any atom is -0.464 e. The summed E-state index contributed by atoms with van der Waals surface area (Å²) in [6.45, 7) is 10.5. The highest BCUT2D eigenvalue weighted by Crippen LogP contribution is 2.14. The number of ether oxygens (including phenoxy) is 1. The third-order valence-corrected chi connectivity index (χ3v) is 2.14. The molecule has 0 aromatic carbocycles. The SMILES string of the molecule is CCOc1nc(N)nc(N(CC)CC(C)C)n1. The summed E-state index contributed by atoms with van der Waals surface area (Å²) in [5.41, 5.74) is 5.64. The predicted octanol–water partition coefficient (Wildman–Crippen LogP) is 1.33. The molecular weight excluding hydrogens is 218 g/mol. The van der Waals surface area contributed by atoms with E-state index in [1.54, 1.807) is 0 Å². The maximum atomic E-state index is 5.64. The van der Waals surface area contributed by atoms with Crippen molar-refractivity contribution < 1.29 is 4.74 Å². The van der Waals surface area contributed by atoms with Gasteiger partial charge in [0.2, 0.25) is 11.9 Å². The van der Waals surface area contributed by atoms with E-state index in [4.69, 9.17) is 10.5 Å².